The van der Waals surface area contributed by atoms with Crippen LogP contribution in [0, 0.1) is 0 Å². The number of amides is 2. The highest BCUT2D eigenvalue weighted by molar-refractivity contribution is 8.03. The largest absolute Gasteiger partial charge is 1.00 e. The van der Waals surface area contributed by atoms with Crippen LogP contribution >= 0.6 is 11.8 Å². The summed E-state index contributed by atoms with van der Waals surface area (Å²) in [4.78, 5) is 43.7. The molecule has 1 saturated heterocycles. The Morgan fingerprint density at radius 1 is 1.03 bits per heavy atom. The van der Waals surface area contributed by atoms with Gasteiger partial charge in [0.1, 0.15) is 6.54 Å². The molecule has 3 heterocycles. The third-order valence-corrected chi connectivity index (χ3v) is 7.66. The van der Waals surface area contributed by atoms with E-state index in [2.05, 4.69) is 83.4 Å². The molecule has 196 valence electrons. The minimum absolute atomic E-state index is 0. The van der Waals surface area contributed by atoms with Gasteiger partial charge in [0.15, 0.2) is 6.20 Å². The molecule has 7 nitrogen and oxygen atoms in total. The molecule has 2 aliphatic heterocycles. The number of para-hydroxylation sites is 2. The Kier molecular flexibility index (Phi) is 9.01. The molecule has 1 aromatic heterocycles. The number of hydrogen-bond donors (Lipinski definition) is 0. The molecule has 1 fully saturated rings. The lowest BCUT2D eigenvalue weighted by Gasteiger charge is -2.12. The molecule has 2 amide bonds. The minimum atomic E-state index is -0.553. The van der Waals surface area contributed by atoms with Crippen molar-refractivity contribution in [2.75, 3.05) is 11.9 Å². The van der Waals surface area contributed by atoms with E-state index >= 15 is 0 Å². The van der Waals surface area contributed by atoms with Gasteiger partial charge in [0.05, 0.1) is 16.1 Å². The maximum Gasteiger partial charge on any atom is 0.333 e. The summed E-state index contributed by atoms with van der Waals surface area (Å²) in [6.07, 6.45) is 10.2. The molecule has 38 heavy (non-hydrogen) atoms. The summed E-state index contributed by atoms with van der Waals surface area (Å²) < 4.78 is 2.18. The highest BCUT2D eigenvalue weighted by Gasteiger charge is 2.32. The monoisotopic (exact) mass is 593 g/mol. The van der Waals surface area contributed by atoms with Crippen LogP contribution in [0.15, 0.2) is 82.9 Å². The number of imide groups is 1. The van der Waals surface area contributed by atoms with Gasteiger partial charge in [-0.15, -0.1) is 5.06 Å². The van der Waals surface area contributed by atoms with Crippen molar-refractivity contribution in [1.82, 2.24) is 5.06 Å². The van der Waals surface area contributed by atoms with Crippen LogP contribution in [-0.2, 0) is 25.8 Å². The number of rotatable bonds is 8. The Hall–Kier alpha value is -3.43. The predicted octanol–water partition coefficient (Wildman–Crippen LogP) is 2.01. The predicted molar refractivity (Wildman–Crippen MR) is 143 cm³/mol. The van der Waals surface area contributed by atoms with E-state index in [-0.39, 0.29) is 36.2 Å². The number of aromatic nitrogens is 1. The average Bonchev–Trinajstić information content (AvgIpc) is 3.40. The lowest BCUT2D eigenvalue weighted by molar-refractivity contribution is -0.671. The van der Waals surface area contributed by atoms with Gasteiger partial charge in [0.2, 0.25) is 5.52 Å². The third kappa shape index (κ3) is 6.00. The number of thioether (sulfide) groups is 1. The van der Waals surface area contributed by atoms with Crippen molar-refractivity contribution in [3.05, 3.63) is 83.5 Å². The molecule has 0 radical (unpaired) electrons. The lowest BCUT2D eigenvalue weighted by Crippen LogP contribution is -3.00. The number of pyridine rings is 1. The fourth-order valence-electron chi connectivity index (χ4n) is 4.51. The number of anilines is 1. The second-order valence-corrected chi connectivity index (χ2v) is 10.0. The number of carbonyl (C=O) groups excluding carboxylic acids is 3. The van der Waals surface area contributed by atoms with Crippen molar-refractivity contribution in [2.24, 2.45) is 0 Å². The van der Waals surface area contributed by atoms with Gasteiger partial charge in [-0.2, -0.15) is 4.57 Å². The molecule has 0 bridgehead atoms. The highest BCUT2D eigenvalue weighted by Crippen LogP contribution is 2.44. The zero-order chi connectivity index (χ0) is 25.8. The SMILES string of the molecule is CN1/C(=C/C=C/c2cc[n+](CCCCC(=O)ON3C(=O)CCC3=O)c3ccccc23)Sc2ccccc21.[Br-]. The summed E-state index contributed by atoms with van der Waals surface area (Å²) in [6, 6.07) is 18.8. The maximum atomic E-state index is 12.0. The van der Waals surface area contributed by atoms with Crippen molar-refractivity contribution in [3.63, 3.8) is 0 Å². The number of nitrogens with zero attached hydrogens (tertiary/aromatic N) is 3. The molecule has 0 N–H and O–H groups in total. The molecule has 2 aliphatic rings. The van der Waals surface area contributed by atoms with Gasteiger partial charge < -0.3 is 26.7 Å². The van der Waals surface area contributed by atoms with E-state index in [9.17, 15) is 14.4 Å². The fourth-order valence-corrected chi connectivity index (χ4v) is 5.57. The zero-order valence-corrected chi connectivity index (χ0v) is 23.4. The second kappa shape index (κ2) is 12.4. The first-order valence-corrected chi connectivity index (χ1v) is 13.2. The number of allylic oxidation sites excluding steroid dienone is 2. The van der Waals surface area contributed by atoms with E-state index < -0.39 is 17.8 Å². The van der Waals surface area contributed by atoms with Gasteiger partial charge in [-0.3, -0.25) is 9.59 Å². The topological polar surface area (TPSA) is 70.8 Å². The minimum Gasteiger partial charge on any atom is -1.00 e. The third-order valence-electron chi connectivity index (χ3n) is 6.47. The molecule has 0 aliphatic carbocycles. The van der Waals surface area contributed by atoms with Gasteiger partial charge in [0, 0.05) is 49.8 Å². The van der Waals surface area contributed by atoms with E-state index in [1.54, 1.807) is 11.8 Å². The van der Waals surface area contributed by atoms with Crippen molar-refractivity contribution >= 4 is 52.2 Å². The number of unbranched alkanes of at least 4 members (excludes halogenated alkanes) is 1. The number of aryl methyl sites for hydroxylation is 1. The van der Waals surface area contributed by atoms with Gasteiger partial charge >= 0.3 is 5.97 Å². The number of benzene rings is 2. The first-order chi connectivity index (χ1) is 18.0. The van der Waals surface area contributed by atoms with Crippen LogP contribution in [0.4, 0.5) is 5.69 Å². The summed E-state index contributed by atoms with van der Waals surface area (Å²) in [6.45, 7) is 0.739. The Morgan fingerprint density at radius 3 is 2.55 bits per heavy atom. The van der Waals surface area contributed by atoms with E-state index in [4.69, 9.17) is 4.84 Å². The van der Waals surface area contributed by atoms with Crippen molar-refractivity contribution in [3.8, 4) is 0 Å². The Bertz CT molecular complexity index is 1420. The van der Waals surface area contributed by atoms with Crippen LogP contribution in [0.25, 0.3) is 17.0 Å². The van der Waals surface area contributed by atoms with Crippen LogP contribution in [0.5, 0.6) is 0 Å². The number of halogens is 1. The quantitative estimate of drug-likeness (QED) is 0.226. The van der Waals surface area contributed by atoms with Crippen molar-refractivity contribution in [2.45, 2.75) is 43.5 Å². The van der Waals surface area contributed by atoms with Crippen molar-refractivity contribution < 1.29 is 40.8 Å². The van der Waals surface area contributed by atoms with Crippen LogP contribution in [0.3, 0.4) is 0 Å². The molecule has 9 heteroatoms. The molecule has 0 saturated carbocycles. The first-order valence-electron chi connectivity index (χ1n) is 12.4. The van der Waals surface area contributed by atoms with Crippen LogP contribution < -0.4 is 26.4 Å². The summed E-state index contributed by atoms with van der Waals surface area (Å²) in [5.41, 5.74) is 3.48. The van der Waals surface area contributed by atoms with Gasteiger partial charge in [-0.1, -0.05) is 48.2 Å². The van der Waals surface area contributed by atoms with E-state index in [1.165, 1.54) is 15.6 Å². The number of carbonyl (C=O) groups is 3. The van der Waals surface area contributed by atoms with E-state index in [0.29, 0.717) is 11.5 Å². The molecule has 3 aromatic rings. The number of fused-ring (bicyclic) bond motifs is 2. The Balaban J connectivity index is 0.00000336. The molecule has 0 unspecified atom stereocenters. The fraction of sp³-hybridized carbons (Fsp3) is 0.241. The van der Waals surface area contributed by atoms with Crippen LogP contribution in [0.1, 0.15) is 37.7 Å². The van der Waals surface area contributed by atoms with Gasteiger partial charge in [-0.05, 0) is 36.3 Å². The van der Waals surface area contributed by atoms with Crippen LogP contribution in [0.2, 0.25) is 0 Å². The summed E-state index contributed by atoms with van der Waals surface area (Å²) in [5.74, 6) is -1.46. The maximum absolute atomic E-state index is 12.0. The summed E-state index contributed by atoms with van der Waals surface area (Å²) >= 11 is 1.77. The van der Waals surface area contributed by atoms with Gasteiger partial charge in [-0.25, -0.2) is 4.79 Å². The highest BCUT2D eigenvalue weighted by atomic mass is 79.9. The van der Waals surface area contributed by atoms with Gasteiger partial charge in [0.25, 0.3) is 11.8 Å². The Labute approximate surface area is 236 Å². The molecular weight excluding hydrogens is 566 g/mol. The molecule has 0 atom stereocenters. The zero-order valence-electron chi connectivity index (χ0n) is 21.0. The lowest BCUT2D eigenvalue weighted by atomic mass is 10.1. The molecule has 2 aromatic carbocycles. The Morgan fingerprint density at radius 2 is 1.76 bits per heavy atom. The molecule has 0 spiro atoms. The van der Waals surface area contributed by atoms with E-state index in [0.717, 1.165) is 29.4 Å². The van der Waals surface area contributed by atoms with Crippen molar-refractivity contribution in [1.29, 1.82) is 0 Å². The number of hydrogen-bond acceptors (Lipinski definition) is 6. The summed E-state index contributed by atoms with van der Waals surface area (Å²) in [7, 11) is 2.09. The standard InChI is InChI=1S/C29H28N3O4S.BrH/c1-30-24-12-4-5-13-25(24)37-28(30)14-8-9-21-18-20-31(23-11-3-2-10-22(21)23)19-7-6-15-29(35)36-32-26(33)16-17-27(32)34;/h2-5,8-14,18,20H,6-7,15-17,19H2,1H3;1H/q+1;/p-1. The van der Waals surface area contributed by atoms with Crippen LogP contribution in [-0.4, -0.2) is 29.9 Å². The molecule has 5 rings (SSSR count). The first kappa shape index (κ1) is 27.6. The van der Waals surface area contributed by atoms with E-state index in [1.807, 2.05) is 12.1 Å². The summed E-state index contributed by atoms with van der Waals surface area (Å²) in [5, 5.41) is 2.94. The number of hydroxylamine groups is 2. The smallest absolute Gasteiger partial charge is 0.333 e. The normalized spacial score (nSPS) is 16.0. The second-order valence-electron chi connectivity index (χ2n) is 8.98. The molecular formula is C29H28BrN3O4S. The average molecular weight is 595 g/mol.